The molecule has 2 aromatic rings. The van der Waals surface area contributed by atoms with Crippen molar-refractivity contribution < 1.29 is 4.74 Å². The van der Waals surface area contributed by atoms with Crippen molar-refractivity contribution in [2.45, 2.75) is 6.54 Å². The SMILES string of the molecule is CNCc1cc(-c2ccc(OC)cc2)nn1C. The molecule has 1 aromatic heterocycles. The fraction of sp³-hybridized carbons (Fsp3) is 0.308. The van der Waals surface area contributed by atoms with Crippen molar-refractivity contribution in [1.82, 2.24) is 15.1 Å². The lowest BCUT2D eigenvalue weighted by molar-refractivity contribution is 0.415. The van der Waals surface area contributed by atoms with Crippen molar-refractivity contribution in [2.24, 2.45) is 7.05 Å². The van der Waals surface area contributed by atoms with Gasteiger partial charge in [-0.2, -0.15) is 5.10 Å². The van der Waals surface area contributed by atoms with E-state index in [1.165, 1.54) is 5.69 Å². The van der Waals surface area contributed by atoms with Crippen molar-refractivity contribution in [3.63, 3.8) is 0 Å². The molecule has 90 valence electrons. The molecule has 0 saturated heterocycles. The summed E-state index contributed by atoms with van der Waals surface area (Å²) in [5.41, 5.74) is 3.25. The normalized spacial score (nSPS) is 10.5. The van der Waals surface area contributed by atoms with Crippen LogP contribution in [-0.2, 0) is 13.6 Å². The molecule has 0 aliphatic carbocycles. The van der Waals surface area contributed by atoms with Crippen molar-refractivity contribution in [3.8, 4) is 17.0 Å². The van der Waals surface area contributed by atoms with E-state index in [1.807, 2.05) is 43.0 Å². The van der Waals surface area contributed by atoms with Gasteiger partial charge in [-0.25, -0.2) is 0 Å². The van der Waals surface area contributed by atoms with Crippen LogP contribution in [0.5, 0.6) is 5.75 Å². The summed E-state index contributed by atoms with van der Waals surface area (Å²) in [4.78, 5) is 0. The minimum atomic E-state index is 0.819. The predicted octanol–water partition coefficient (Wildman–Crippen LogP) is 1.82. The Kier molecular flexibility index (Phi) is 3.44. The Morgan fingerprint density at radius 1 is 1.29 bits per heavy atom. The first-order chi connectivity index (χ1) is 8.24. The molecule has 4 nitrogen and oxygen atoms in total. The fourth-order valence-corrected chi connectivity index (χ4v) is 1.76. The van der Waals surface area contributed by atoms with Crippen LogP contribution in [0.15, 0.2) is 30.3 Å². The quantitative estimate of drug-likeness (QED) is 0.872. The molecule has 0 unspecified atom stereocenters. The minimum Gasteiger partial charge on any atom is -0.497 e. The Labute approximate surface area is 101 Å². The van der Waals surface area contributed by atoms with E-state index < -0.39 is 0 Å². The van der Waals surface area contributed by atoms with Crippen molar-refractivity contribution >= 4 is 0 Å². The second-order valence-corrected chi connectivity index (χ2v) is 3.90. The Morgan fingerprint density at radius 3 is 2.59 bits per heavy atom. The van der Waals surface area contributed by atoms with Gasteiger partial charge in [-0.3, -0.25) is 4.68 Å². The Bertz CT molecular complexity index is 488. The van der Waals surface area contributed by atoms with Crippen LogP contribution >= 0.6 is 0 Å². The topological polar surface area (TPSA) is 39.1 Å². The molecule has 4 heteroatoms. The maximum Gasteiger partial charge on any atom is 0.118 e. The van der Waals surface area contributed by atoms with Crippen molar-refractivity contribution in [2.75, 3.05) is 14.2 Å². The lowest BCUT2D eigenvalue weighted by Gasteiger charge is -2.00. The zero-order valence-corrected chi connectivity index (χ0v) is 10.4. The number of ether oxygens (including phenoxy) is 1. The van der Waals surface area contributed by atoms with E-state index in [1.54, 1.807) is 7.11 Å². The molecular weight excluding hydrogens is 214 g/mol. The highest BCUT2D eigenvalue weighted by Gasteiger charge is 2.06. The maximum atomic E-state index is 5.14. The Morgan fingerprint density at radius 2 is 2.00 bits per heavy atom. The number of rotatable bonds is 4. The summed E-state index contributed by atoms with van der Waals surface area (Å²) in [6.45, 7) is 0.819. The van der Waals surface area contributed by atoms with Crippen molar-refractivity contribution in [3.05, 3.63) is 36.0 Å². The molecule has 0 aliphatic heterocycles. The van der Waals surface area contributed by atoms with Gasteiger partial charge in [0.1, 0.15) is 5.75 Å². The zero-order valence-electron chi connectivity index (χ0n) is 10.4. The van der Waals surface area contributed by atoms with E-state index in [0.29, 0.717) is 0 Å². The number of aromatic nitrogens is 2. The second kappa shape index (κ2) is 5.01. The molecule has 0 aliphatic rings. The van der Waals surface area contributed by atoms with Crippen molar-refractivity contribution in [1.29, 1.82) is 0 Å². The van der Waals surface area contributed by atoms with Gasteiger partial charge in [0.25, 0.3) is 0 Å². The standard InChI is InChI=1S/C13H17N3O/c1-14-9-11-8-13(15-16(11)2)10-4-6-12(17-3)7-5-10/h4-8,14H,9H2,1-3H3. The van der Waals surface area contributed by atoms with E-state index in [0.717, 1.165) is 23.6 Å². The average Bonchev–Trinajstić information content (AvgIpc) is 2.72. The smallest absolute Gasteiger partial charge is 0.118 e. The lowest BCUT2D eigenvalue weighted by Crippen LogP contribution is -2.09. The summed E-state index contributed by atoms with van der Waals surface area (Å²) in [6, 6.07) is 10.0. The summed E-state index contributed by atoms with van der Waals surface area (Å²) in [7, 11) is 5.56. The number of benzene rings is 1. The molecule has 0 bridgehead atoms. The third kappa shape index (κ3) is 2.47. The third-order valence-electron chi connectivity index (χ3n) is 2.72. The highest BCUT2D eigenvalue weighted by atomic mass is 16.5. The summed E-state index contributed by atoms with van der Waals surface area (Å²) >= 11 is 0. The first-order valence-electron chi connectivity index (χ1n) is 5.56. The van der Waals surface area contributed by atoms with E-state index in [4.69, 9.17) is 4.74 Å². The largest absolute Gasteiger partial charge is 0.497 e. The number of nitrogens with one attached hydrogen (secondary N) is 1. The molecule has 0 fully saturated rings. The summed E-state index contributed by atoms with van der Waals surface area (Å²) in [5.74, 6) is 0.861. The lowest BCUT2D eigenvalue weighted by atomic mass is 10.1. The Hall–Kier alpha value is -1.81. The van der Waals surface area contributed by atoms with Crippen LogP contribution in [0, 0.1) is 0 Å². The molecule has 0 spiro atoms. The summed E-state index contributed by atoms with van der Waals surface area (Å²) in [5, 5.41) is 7.62. The molecule has 2 rings (SSSR count). The summed E-state index contributed by atoms with van der Waals surface area (Å²) in [6.07, 6.45) is 0. The first-order valence-corrected chi connectivity index (χ1v) is 5.56. The van der Waals surface area contributed by atoms with Crippen LogP contribution in [0.2, 0.25) is 0 Å². The monoisotopic (exact) mass is 231 g/mol. The second-order valence-electron chi connectivity index (χ2n) is 3.90. The molecule has 0 saturated carbocycles. The van der Waals surface area contributed by atoms with E-state index in [9.17, 15) is 0 Å². The van der Waals surface area contributed by atoms with Gasteiger partial charge in [-0.1, -0.05) is 0 Å². The molecular formula is C13H17N3O. The van der Waals surface area contributed by atoms with Gasteiger partial charge in [-0.05, 0) is 37.4 Å². The number of nitrogens with zero attached hydrogens (tertiary/aromatic N) is 2. The molecule has 17 heavy (non-hydrogen) atoms. The van der Waals surface area contributed by atoms with Crippen LogP contribution < -0.4 is 10.1 Å². The van der Waals surface area contributed by atoms with Gasteiger partial charge in [0.2, 0.25) is 0 Å². The van der Waals surface area contributed by atoms with Gasteiger partial charge in [0, 0.05) is 19.2 Å². The highest BCUT2D eigenvalue weighted by Crippen LogP contribution is 2.21. The Balaban J connectivity index is 2.29. The summed E-state index contributed by atoms with van der Waals surface area (Å²) < 4.78 is 7.04. The van der Waals surface area contributed by atoms with Gasteiger partial charge >= 0.3 is 0 Å². The van der Waals surface area contributed by atoms with E-state index >= 15 is 0 Å². The number of hydrogen-bond acceptors (Lipinski definition) is 3. The molecule has 0 radical (unpaired) electrons. The van der Waals surface area contributed by atoms with Crippen LogP contribution in [0.4, 0.5) is 0 Å². The van der Waals surface area contributed by atoms with Gasteiger partial charge < -0.3 is 10.1 Å². The molecule has 0 atom stereocenters. The first kappa shape index (κ1) is 11.7. The van der Waals surface area contributed by atoms with E-state index in [-0.39, 0.29) is 0 Å². The molecule has 1 heterocycles. The average molecular weight is 231 g/mol. The molecule has 1 N–H and O–H groups in total. The number of methoxy groups -OCH3 is 1. The predicted molar refractivity (Wildman–Crippen MR) is 68.0 cm³/mol. The van der Waals surface area contributed by atoms with Gasteiger partial charge in [0.15, 0.2) is 0 Å². The molecule has 1 aromatic carbocycles. The minimum absolute atomic E-state index is 0.819. The van der Waals surface area contributed by atoms with Crippen LogP contribution in [0.1, 0.15) is 5.69 Å². The van der Waals surface area contributed by atoms with Crippen LogP contribution in [-0.4, -0.2) is 23.9 Å². The number of hydrogen-bond donors (Lipinski definition) is 1. The maximum absolute atomic E-state index is 5.14. The zero-order chi connectivity index (χ0) is 12.3. The highest BCUT2D eigenvalue weighted by molar-refractivity contribution is 5.60. The van der Waals surface area contributed by atoms with Gasteiger partial charge in [-0.15, -0.1) is 0 Å². The van der Waals surface area contributed by atoms with E-state index in [2.05, 4.69) is 16.5 Å². The van der Waals surface area contributed by atoms with Crippen LogP contribution in [0.3, 0.4) is 0 Å². The van der Waals surface area contributed by atoms with Gasteiger partial charge in [0.05, 0.1) is 18.5 Å². The number of aryl methyl sites for hydroxylation is 1. The third-order valence-corrected chi connectivity index (χ3v) is 2.72. The fourth-order valence-electron chi connectivity index (χ4n) is 1.76. The molecule has 0 amide bonds. The van der Waals surface area contributed by atoms with Crippen LogP contribution in [0.25, 0.3) is 11.3 Å².